The van der Waals surface area contributed by atoms with Crippen LogP contribution in [0.2, 0.25) is 0 Å². The van der Waals surface area contributed by atoms with Gasteiger partial charge >= 0.3 is 0 Å². The van der Waals surface area contributed by atoms with Gasteiger partial charge in [0.15, 0.2) is 0 Å². The number of hydrogen-bond donors (Lipinski definition) is 2. The summed E-state index contributed by atoms with van der Waals surface area (Å²) in [5.41, 5.74) is 2.77. The number of aryl methyl sites for hydroxylation is 2. The fraction of sp³-hybridized carbons (Fsp3) is 0.294. The van der Waals surface area contributed by atoms with Gasteiger partial charge in [-0.15, -0.1) is 0 Å². The third-order valence-corrected chi connectivity index (χ3v) is 3.33. The van der Waals surface area contributed by atoms with Gasteiger partial charge in [0.2, 0.25) is 0 Å². The quantitative estimate of drug-likeness (QED) is 0.852. The van der Waals surface area contributed by atoms with E-state index in [0.29, 0.717) is 5.69 Å². The number of aromatic hydroxyl groups is 1. The van der Waals surface area contributed by atoms with E-state index in [1.807, 2.05) is 32.0 Å². The van der Waals surface area contributed by atoms with E-state index in [1.54, 1.807) is 18.2 Å². The van der Waals surface area contributed by atoms with Crippen LogP contribution in [0.3, 0.4) is 0 Å². The Balaban J connectivity index is 1.90. The number of anilines is 1. The van der Waals surface area contributed by atoms with Crippen LogP contribution in [0.25, 0.3) is 0 Å². The van der Waals surface area contributed by atoms with Crippen molar-refractivity contribution >= 4 is 5.69 Å². The van der Waals surface area contributed by atoms with Crippen LogP contribution in [0.1, 0.15) is 24.5 Å². The number of benzene rings is 2. The molecular weight excluding hydrogens is 253 g/mol. The first-order valence-corrected chi connectivity index (χ1v) is 6.85. The molecule has 20 heavy (non-hydrogen) atoms. The summed E-state index contributed by atoms with van der Waals surface area (Å²) < 4.78 is 13.6. The van der Waals surface area contributed by atoms with Crippen LogP contribution < -0.4 is 5.32 Å². The zero-order valence-corrected chi connectivity index (χ0v) is 11.9. The van der Waals surface area contributed by atoms with Crippen molar-refractivity contribution in [3.8, 4) is 5.75 Å². The van der Waals surface area contributed by atoms with E-state index in [1.165, 1.54) is 11.6 Å². The van der Waals surface area contributed by atoms with Gasteiger partial charge in [-0.1, -0.05) is 18.2 Å². The molecule has 0 bridgehead atoms. The van der Waals surface area contributed by atoms with Crippen molar-refractivity contribution in [1.82, 2.24) is 0 Å². The molecule has 0 spiro atoms. The molecule has 0 heterocycles. The second kappa shape index (κ2) is 6.42. The summed E-state index contributed by atoms with van der Waals surface area (Å²) >= 11 is 0. The maximum absolute atomic E-state index is 13.6. The number of rotatable bonds is 5. The smallest absolute Gasteiger partial charge is 0.146 e. The molecule has 0 aliphatic carbocycles. The van der Waals surface area contributed by atoms with Gasteiger partial charge in [-0.05, 0) is 62.1 Å². The number of phenolic OH excluding ortho intramolecular Hbond substituents is 1. The molecule has 2 nitrogen and oxygen atoms in total. The number of phenols is 1. The fourth-order valence-corrected chi connectivity index (χ4v) is 2.13. The predicted octanol–water partition coefficient (Wildman–Crippen LogP) is 4.27. The monoisotopic (exact) mass is 273 g/mol. The van der Waals surface area contributed by atoms with Gasteiger partial charge in [0.25, 0.3) is 0 Å². The predicted molar refractivity (Wildman–Crippen MR) is 80.6 cm³/mol. The molecule has 0 radical (unpaired) electrons. The van der Waals surface area contributed by atoms with E-state index in [4.69, 9.17) is 0 Å². The Bertz CT molecular complexity index is 566. The maximum Gasteiger partial charge on any atom is 0.146 e. The van der Waals surface area contributed by atoms with Crippen LogP contribution in [0.5, 0.6) is 5.75 Å². The van der Waals surface area contributed by atoms with Crippen LogP contribution in [0, 0.1) is 12.7 Å². The molecule has 0 fully saturated rings. The first-order chi connectivity index (χ1) is 9.54. The van der Waals surface area contributed by atoms with Gasteiger partial charge in [0, 0.05) is 6.04 Å². The highest BCUT2D eigenvalue weighted by Crippen LogP contribution is 2.18. The van der Waals surface area contributed by atoms with Crippen LogP contribution >= 0.6 is 0 Å². The molecule has 3 heteroatoms. The molecule has 0 aliphatic heterocycles. The van der Waals surface area contributed by atoms with Gasteiger partial charge in [-0.25, -0.2) is 4.39 Å². The third kappa shape index (κ3) is 3.98. The molecule has 0 aromatic heterocycles. The fourth-order valence-electron chi connectivity index (χ4n) is 2.13. The lowest BCUT2D eigenvalue weighted by Crippen LogP contribution is -2.17. The zero-order valence-electron chi connectivity index (χ0n) is 11.9. The molecule has 1 atom stereocenters. The summed E-state index contributed by atoms with van der Waals surface area (Å²) in [5, 5.41) is 12.4. The summed E-state index contributed by atoms with van der Waals surface area (Å²) in [7, 11) is 0. The Morgan fingerprint density at radius 2 is 1.85 bits per heavy atom. The van der Waals surface area contributed by atoms with Crippen LogP contribution in [-0.2, 0) is 6.42 Å². The number of nitrogens with one attached hydrogen (secondary N) is 1. The van der Waals surface area contributed by atoms with Crippen molar-refractivity contribution in [2.24, 2.45) is 0 Å². The van der Waals surface area contributed by atoms with Crippen LogP contribution in [0.4, 0.5) is 10.1 Å². The van der Waals surface area contributed by atoms with Gasteiger partial charge in [-0.2, -0.15) is 0 Å². The molecule has 0 aliphatic rings. The minimum Gasteiger partial charge on any atom is -0.508 e. The van der Waals surface area contributed by atoms with Crippen molar-refractivity contribution in [3.63, 3.8) is 0 Å². The highest BCUT2D eigenvalue weighted by Gasteiger charge is 2.07. The minimum atomic E-state index is -0.216. The molecular formula is C17H20FNO. The molecule has 1 unspecified atom stereocenters. The maximum atomic E-state index is 13.6. The standard InChI is InChI=1S/C17H20FNO/c1-12-3-10-16(18)17(11-12)19-13(2)4-5-14-6-8-15(20)9-7-14/h3,6-11,13,19-20H,4-5H2,1-2H3. The Hall–Kier alpha value is -2.03. The van der Waals surface area contributed by atoms with Gasteiger partial charge in [0.05, 0.1) is 5.69 Å². The summed E-state index contributed by atoms with van der Waals surface area (Å²) in [6, 6.07) is 12.5. The molecule has 2 aromatic rings. The molecule has 2 aromatic carbocycles. The lowest BCUT2D eigenvalue weighted by molar-refractivity contribution is 0.475. The first kappa shape index (κ1) is 14.4. The molecule has 0 saturated carbocycles. The largest absolute Gasteiger partial charge is 0.508 e. The highest BCUT2D eigenvalue weighted by atomic mass is 19.1. The SMILES string of the molecule is Cc1ccc(F)c(NC(C)CCc2ccc(O)cc2)c1. The minimum absolute atomic E-state index is 0.181. The average molecular weight is 273 g/mol. The van der Waals surface area contributed by atoms with E-state index >= 15 is 0 Å². The molecule has 0 saturated heterocycles. The number of hydrogen-bond acceptors (Lipinski definition) is 2. The summed E-state index contributed by atoms with van der Waals surface area (Å²) in [6.45, 7) is 3.99. The van der Waals surface area contributed by atoms with E-state index in [-0.39, 0.29) is 17.6 Å². The molecule has 2 N–H and O–H groups in total. The van der Waals surface area contributed by atoms with Crippen molar-refractivity contribution in [3.05, 3.63) is 59.4 Å². The van der Waals surface area contributed by atoms with Crippen molar-refractivity contribution in [2.45, 2.75) is 32.7 Å². The van der Waals surface area contributed by atoms with Crippen molar-refractivity contribution in [2.75, 3.05) is 5.32 Å². The summed E-state index contributed by atoms with van der Waals surface area (Å²) in [6.07, 6.45) is 1.79. The number of halogens is 1. The molecule has 2 rings (SSSR count). The van der Waals surface area contributed by atoms with E-state index in [2.05, 4.69) is 5.32 Å². The Labute approximate surface area is 119 Å². The lowest BCUT2D eigenvalue weighted by Gasteiger charge is -2.16. The van der Waals surface area contributed by atoms with Crippen LogP contribution in [-0.4, -0.2) is 11.1 Å². The summed E-state index contributed by atoms with van der Waals surface area (Å²) in [5.74, 6) is 0.0637. The third-order valence-electron chi connectivity index (χ3n) is 3.33. The highest BCUT2D eigenvalue weighted by molar-refractivity contribution is 5.47. The van der Waals surface area contributed by atoms with Crippen molar-refractivity contribution in [1.29, 1.82) is 0 Å². The first-order valence-electron chi connectivity index (χ1n) is 6.85. The van der Waals surface area contributed by atoms with E-state index < -0.39 is 0 Å². The van der Waals surface area contributed by atoms with Crippen LogP contribution in [0.15, 0.2) is 42.5 Å². The Morgan fingerprint density at radius 1 is 1.15 bits per heavy atom. The zero-order chi connectivity index (χ0) is 14.5. The summed E-state index contributed by atoms with van der Waals surface area (Å²) in [4.78, 5) is 0. The molecule has 106 valence electrons. The van der Waals surface area contributed by atoms with Gasteiger partial charge in [-0.3, -0.25) is 0 Å². The lowest BCUT2D eigenvalue weighted by atomic mass is 10.1. The Kier molecular flexibility index (Phi) is 4.61. The Morgan fingerprint density at radius 3 is 2.55 bits per heavy atom. The topological polar surface area (TPSA) is 32.3 Å². The average Bonchev–Trinajstić information content (AvgIpc) is 2.42. The normalized spacial score (nSPS) is 12.2. The van der Waals surface area contributed by atoms with E-state index in [9.17, 15) is 9.50 Å². The molecule has 0 amide bonds. The van der Waals surface area contributed by atoms with Crippen molar-refractivity contribution < 1.29 is 9.50 Å². The second-order valence-corrected chi connectivity index (χ2v) is 5.23. The van der Waals surface area contributed by atoms with Gasteiger partial charge < -0.3 is 10.4 Å². The van der Waals surface area contributed by atoms with Gasteiger partial charge in [0.1, 0.15) is 11.6 Å². The second-order valence-electron chi connectivity index (χ2n) is 5.23. The van der Waals surface area contributed by atoms with E-state index in [0.717, 1.165) is 18.4 Å².